The van der Waals surface area contributed by atoms with Crippen molar-refractivity contribution >= 4 is 5.69 Å². The van der Waals surface area contributed by atoms with Gasteiger partial charge in [0.2, 0.25) is 0 Å². The molecule has 3 nitrogen and oxygen atoms in total. The van der Waals surface area contributed by atoms with Gasteiger partial charge in [0.1, 0.15) is 11.6 Å². The molecule has 0 aliphatic carbocycles. The lowest BCUT2D eigenvalue weighted by atomic mass is 10.0. The molecule has 0 amide bonds. The first-order chi connectivity index (χ1) is 9.49. The molecule has 1 unspecified atom stereocenters. The number of aryl methyl sites for hydroxylation is 1. The number of hydrogen-bond donors (Lipinski definition) is 1. The first kappa shape index (κ1) is 14.6. The Morgan fingerprint density at radius 1 is 1.30 bits per heavy atom. The molecular weight excluding hydrogens is 255 g/mol. The number of anilines is 1. The van der Waals surface area contributed by atoms with E-state index in [0.717, 1.165) is 16.9 Å². The Balaban J connectivity index is 2.28. The summed E-state index contributed by atoms with van der Waals surface area (Å²) in [5.41, 5.74) is 8.46. The summed E-state index contributed by atoms with van der Waals surface area (Å²) in [5.74, 6) is 0.647. The summed E-state index contributed by atoms with van der Waals surface area (Å²) < 4.78 is 19.5. The molecule has 0 saturated heterocycles. The topological polar surface area (TPSA) is 42.4 Å². The first-order valence-electron chi connectivity index (χ1n) is 6.76. The molecule has 1 heterocycles. The smallest absolute Gasteiger partial charge is 0.146 e. The highest BCUT2D eigenvalue weighted by Crippen LogP contribution is 2.26. The third-order valence-corrected chi connectivity index (χ3v) is 3.37. The maximum absolute atomic E-state index is 14.2. The molecule has 0 aliphatic heterocycles. The fourth-order valence-corrected chi connectivity index (χ4v) is 2.41. The number of furan rings is 1. The van der Waals surface area contributed by atoms with Gasteiger partial charge >= 0.3 is 0 Å². The Hall–Kier alpha value is -1.81. The van der Waals surface area contributed by atoms with E-state index in [2.05, 4.69) is 0 Å². The SMILES string of the molecule is Cc1occc1CN(C)c1c(F)cccc1CC(C)N. The summed E-state index contributed by atoms with van der Waals surface area (Å²) in [5, 5.41) is 0. The molecule has 0 radical (unpaired) electrons. The molecule has 0 bridgehead atoms. The summed E-state index contributed by atoms with van der Waals surface area (Å²) in [7, 11) is 1.88. The molecule has 0 fully saturated rings. The van der Waals surface area contributed by atoms with Gasteiger partial charge in [0.05, 0.1) is 12.0 Å². The molecular formula is C16H21FN2O. The van der Waals surface area contributed by atoms with E-state index in [9.17, 15) is 4.39 Å². The zero-order valence-corrected chi connectivity index (χ0v) is 12.2. The normalized spacial score (nSPS) is 12.4. The fourth-order valence-electron chi connectivity index (χ4n) is 2.41. The van der Waals surface area contributed by atoms with E-state index >= 15 is 0 Å². The van der Waals surface area contributed by atoms with Crippen molar-refractivity contribution in [1.82, 2.24) is 0 Å². The lowest BCUT2D eigenvalue weighted by Crippen LogP contribution is -2.23. The number of para-hydroxylation sites is 1. The Bertz CT molecular complexity index is 578. The minimum Gasteiger partial charge on any atom is -0.469 e. The van der Waals surface area contributed by atoms with Crippen LogP contribution in [0, 0.1) is 12.7 Å². The highest BCUT2D eigenvalue weighted by molar-refractivity contribution is 5.55. The maximum Gasteiger partial charge on any atom is 0.146 e. The van der Waals surface area contributed by atoms with Gasteiger partial charge in [-0.1, -0.05) is 12.1 Å². The monoisotopic (exact) mass is 276 g/mol. The van der Waals surface area contributed by atoms with Crippen LogP contribution in [0.15, 0.2) is 34.9 Å². The average Bonchev–Trinajstić information content (AvgIpc) is 2.74. The van der Waals surface area contributed by atoms with Crippen LogP contribution in [-0.2, 0) is 13.0 Å². The highest BCUT2D eigenvalue weighted by Gasteiger charge is 2.15. The van der Waals surface area contributed by atoms with Crippen LogP contribution in [0.5, 0.6) is 0 Å². The lowest BCUT2D eigenvalue weighted by molar-refractivity contribution is 0.529. The fraction of sp³-hybridized carbons (Fsp3) is 0.375. The van der Waals surface area contributed by atoms with Crippen molar-refractivity contribution in [2.75, 3.05) is 11.9 Å². The number of benzene rings is 1. The predicted octanol–water partition coefficient (Wildman–Crippen LogP) is 3.25. The average molecular weight is 276 g/mol. The Labute approximate surface area is 119 Å². The van der Waals surface area contributed by atoms with Crippen LogP contribution in [0.25, 0.3) is 0 Å². The van der Waals surface area contributed by atoms with Crippen molar-refractivity contribution in [3.63, 3.8) is 0 Å². The van der Waals surface area contributed by atoms with Crippen molar-refractivity contribution in [1.29, 1.82) is 0 Å². The molecule has 4 heteroatoms. The summed E-state index contributed by atoms with van der Waals surface area (Å²) in [6.45, 7) is 4.44. The predicted molar refractivity (Wildman–Crippen MR) is 79.3 cm³/mol. The number of rotatable bonds is 5. The molecule has 1 aromatic carbocycles. The van der Waals surface area contributed by atoms with Crippen molar-refractivity contribution in [2.45, 2.75) is 32.9 Å². The van der Waals surface area contributed by atoms with Crippen molar-refractivity contribution < 1.29 is 8.81 Å². The third kappa shape index (κ3) is 3.20. The van der Waals surface area contributed by atoms with Crippen LogP contribution in [-0.4, -0.2) is 13.1 Å². The largest absolute Gasteiger partial charge is 0.469 e. The van der Waals surface area contributed by atoms with Gasteiger partial charge in [-0.05, 0) is 38.0 Å². The molecule has 2 aromatic rings. The van der Waals surface area contributed by atoms with E-state index in [-0.39, 0.29) is 11.9 Å². The Kier molecular flexibility index (Phi) is 4.45. The summed E-state index contributed by atoms with van der Waals surface area (Å²) in [4.78, 5) is 1.91. The van der Waals surface area contributed by atoms with E-state index in [1.54, 1.807) is 12.3 Å². The van der Waals surface area contributed by atoms with Gasteiger partial charge in [-0.3, -0.25) is 0 Å². The van der Waals surface area contributed by atoms with Crippen LogP contribution in [0.3, 0.4) is 0 Å². The number of nitrogens with two attached hydrogens (primary N) is 1. The van der Waals surface area contributed by atoms with Crippen LogP contribution in [0.4, 0.5) is 10.1 Å². The number of hydrogen-bond acceptors (Lipinski definition) is 3. The van der Waals surface area contributed by atoms with Gasteiger partial charge in [0.15, 0.2) is 0 Å². The molecule has 20 heavy (non-hydrogen) atoms. The Morgan fingerprint density at radius 2 is 2.05 bits per heavy atom. The molecule has 1 atom stereocenters. The Morgan fingerprint density at radius 3 is 2.65 bits per heavy atom. The minimum absolute atomic E-state index is 0.000360. The van der Waals surface area contributed by atoms with Gasteiger partial charge in [-0.15, -0.1) is 0 Å². The van der Waals surface area contributed by atoms with Gasteiger partial charge in [-0.25, -0.2) is 4.39 Å². The first-order valence-corrected chi connectivity index (χ1v) is 6.76. The minimum atomic E-state index is -0.216. The van der Waals surface area contributed by atoms with Crippen LogP contribution in [0.2, 0.25) is 0 Å². The molecule has 2 rings (SSSR count). The molecule has 0 saturated carbocycles. The van der Waals surface area contributed by atoms with Gasteiger partial charge in [0.25, 0.3) is 0 Å². The molecule has 2 N–H and O–H groups in total. The van der Waals surface area contributed by atoms with Crippen molar-refractivity contribution in [3.05, 3.63) is 53.2 Å². The molecule has 0 spiro atoms. The highest BCUT2D eigenvalue weighted by atomic mass is 19.1. The third-order valence-electron chi connectivity index (χ3n) is 3.37. The van der Waals surface area contributed by atoms with E-state index < -0.39 is 0 Å². The van der Waals surface area contributed by atoms with Gasteiger partial charge < -0.3 is 15.1 Å². The number of nitrogens with zero attached hydrogens (tertiary/aromatic N) is 1. The van der Waals surface area contributed by atoms with Crippen LogP contribution >= 0.6 is 0 Å². The second kappa shape index (κ2) is 6.09. The van der Waals surface area contributed by atoms with E-state index in [1.807, 2.05) is 37.9 Å². The lowest BCUT2D eigenvalue weighted by Gasteiger charge is -2.23. The summed E-state index contributed by atoms with van der Waals surface area (Å²) in [6.07, 6.45) is 2.31. The van der Waals surface area contributed by atoms with Crippen molar-refractivity contribution in [3.8, 4) is 0 Å². The van der Waals surface area contributed by atoms with E-state index in [0.29, 0.717) is 18.7 Å². The standard InChI is InChI=1S/C16H21FN2O/c1-11(18)9-13-5-4-6-15(17)16(13)19(3)10-14-7-8-20-12(14)2/h4-8,11H,9-10,18H2,1-3H3. The van der Waals surface area contributed by atoms with E-state index in [1.165, 1.54) is 6.07 Å². The molecule has 0 aliphatic rings. The quantitative estimate of drug-likeness (QED) is 0.911. The molecule has 1 aromatic heterocycles. The number of halogens is 1. The zero-order chi connectivity index (χ0) is 14.7. The van der Waals surface area contributed by atoms with Crippen LogP contribution < -0.4 is 10.6 Å². The van der Waals surface area contributed by atoms with Gasteiger partial charge in [-0.2, -0.15) is 0 Å². The zero-order valence-electron chi connectivity index (χ0n) is 12.2. The summed E-state index contributed by atoms with van der Waals surface area (Å²) in [6, 6.07) is 7.06. The van der Waals surface area contributed by atoms with Crippen LogP contribution in [0.1, 0.15) is 23.8 Å². The maximum atomic E-state index is 14.2. The second-order valence-electron chi connectivity index (χ2n) is 5.29. The molecule has 108 valence electrons. The second-order valence-corrected chi connectivity index (χ2v) is 5.29. The van der Waals surface area contributed by atoms with E-state index in [4.69, 9.17) is 10.2 Å². The van der Waals surface area contributed by atoms with Gasteiger partial charge in [0, 0.05) is 25.2 Å². The van der Waals surface area contributed by atoms with Crippen molar-refractivity contribution in [2.24, 2.45) is 5.73 Å². The summed E-state index contributed by atoms with van der Waals surface area (Å²) >= 11 is 0.